The quantitative estimate of drug-likeness (QED) is 0.836. The van der Waals surface area contributed by atoms with Gasteiger partial charge in [0.25, 0.3) is 0 Å². The molecule has 126 valence electrons. The molecule has 2 aromatic carbocycles. The van der Waals surface area contributed by atoms with Crippen molar-refractivity contribution < 1.29 is 9.84 Å². The summed E-state index contributed by atoms with van der Waals surface area (Å²) < 4.78 is 5.35. The minimum Gasteiger partial charge on any atom is -0.508 e. The van der Waals surface area contributed by atoms with Crippen molar-refractivity contribution in [2.45, 2.75) is 0 Å². The molecule has 5 nitrogen and oxygen atoms in total. The molecule has 1 heterocycles. The fourth-order valence-corrected chi connectivity index (χ4v) is 3.07. The van der Waals surface area contributed by atoms with Crippen LogP contribution in [-0.2, 0) is 0 Å². The predicted octanol–water partition coefficient (Wildman–Crippen LogP) is 2.92. The molecule has 0 amide bonds. The second-order valence-electron chi connectivity index (χ2n) is 5.62. The van der Waals surface area contributed by atoms with E-state index in [9.17, 15) is 5.11 Å². The Morgan fingerprint density at radius 1 is 1.04 bits per heavy atom. The van der Waals surface area contributed by atoms with Crippen LogP contribution in [0.4, 0.5) is 11.4 Å². The predicted molar refractivity (Wildman–Crippen MR) is 101 cm³/mol. The van der Waals surface area contributed by atoms with Crippen molar-refractivity contribution >= 4 is 28.7 Å². The summed E-state index contributed by atoms with van der Waals surface area (Å²) in [6, 6.07) is 15.1. The molecule has 0 spiro atoms. The maximum atomic E-state index is 9.39. The Labute approximate surface area is 147 Å². The molecule has 1 aliphatic heterocycles. The summed E-state index contributed by atoms with van der Waals surface area (Å²) >= 11 is 5.54. The van der Waals surface area contributed by atoms with Crippen molar-refractivity contribution in [3.05, 3.63) is 48.5 Å². The molecule has 3 rings (SSSR count). The molecule has 0 saturated carbocycles. The van der Waals surface area contributed by atoms with E-state index in [1.165, 1.54) is 0 Å². The van der Waals surface area contributed by atoms with Gasteiger partial charge >= 0.3 is 0 Å². The van der Waals surface area contributed by atoms with Gasteiger partial charge in [-0.15, -0.1) is 0 Å². The molecule has 1 saturated heterocycles. The number of piperazine rings is 1. The first-order valence-corrected chi connectivity index (χ1v) is 8.31. The highest BCUT2D eigenvalue weighted by molar-refractivity contribution is 7.80. The zero-order valence-electron chi connectivity index (χ0n) is 13.6. The van der Waals surface area contributed by atoms with Crippen LogP contribution in [0.5, 0.6) is 11.5 Å². The van der Waals surface area contributed by atoms with Crippen LogP contribution in [0.3, 0.4) is 0 Å². The Morgan fingerprint density at radius 2 is 1.71 bits per heavy atom. The van der Waals surface area contributed by atoms with Gasteiger partial charge in [-0.1, -0.05) is 12.1 Å². The lowest BCUT2D eigenvalue weighted by Crippen LogP contribution is -2.50. The van der Waals surface area contributed by atoms with Crippen molar-refractivity contribution in [3.63, 3.8) is 0 Å². The van der Waals surface area contributed by atoms with Crippen molar-refractivity contribution in [1.29, 1.82) is 0 Å². The van der Waals surface area contributed by atoms with Crippen molar-refractivity contribution in [2.75, 3.05) is 43.5 Å². The lowest BCUT2D eigenvalue weighted by molar-refractivity contribution is 0.390. The summed E-state index contributed by atoms with van der Waals surface area (Å²) in [4.78, 5) is 4.46. The summed E-state index contributed by atoms with van der Waals surface area (Å²) in [5, 5.41) is 13.4. The molecule has 0 atom stereocenters. The van der Waals surface area contributed by atoms with Crippen molar-refractivity contribution in [2.24, 2.45) is 0 Å². The third kappa shape index (κ3) is 3.71. The largest absolute Gasteiger partial charge is 0.508 e. The van der Waals surface area contributed by atoms with Gasteiger partial charge in [0.1, 0.15) is 11.5 Å². The van der Waals surface area contributed by atoms with Gasteiger partial charge in [-0.2, -0.15) is 0 Å². The number of rotatable bonds is 3. The maximum absolute atomic E-state index is 9.39. The zero-order chi connectivity index (χ0) is 16.9. The molecule has 0 aliphatic carbocycles. The average molecular weight is 343 g/mol. The van der Waals surface area contributed by atoms with E-state index in [1.807, 2.05) is 36.4 Å². The molecule has 1 fully saturated rings. The van der Waals surface area contributed by atoms with E-state index in [1.54, 1.807) is 19.2 Å². The minimum absolute atomic E-state index is 0.291. The standard InChI is InChI=1S/C18H21N3O2S/c1-23-17-5-3-2-4-16(17)19-18(24)21-12-10-20(11-13-21)14-6-8-15(22)9-7-14/h2-9,22H,10-13H2,1H3,(H,19,24). The van der Waals surface area contributed by atoms with Crippen LogP contribution in [0, 0.1) is 0 Å². The fraction of sp³-hybridized carbons (Fsp3) is 0.278. The lowest BCUT2D eigenvalue weighted by atomic mass is 10.2. The minimum atomic E-state index is 0.291. The average Bonchev–Trinajstić information content (AvgIpc) is 2.63. The number of hydrogen-bond acceptors (Lipinski definition) is 4. The highest BCUT2D eigenvalue weighted by Gasteiger charge is 2.19. The lowest BCUT2D eigenvalue weighted by Gasteiger charge is -2.37. The number of anilines is 2. The second kappa shape index (κ2) is 7.40. The Kier molecular flexibility index (Phi) is 5.05. The first-order chi connectivity index (χ1) is 11.7. The highest BCUT2D eigenvalue weighted by Crippen LogP contribution is 2.24. The third-order valence-electron chi connectivity index (χ3n) is 4.13. The first kappa shape index (κ1) is 16.4. The number of para-hydroxylation sites is 2. The van der Waals surface area contributed by atoms with E-state index in [-0.39, 0.29) is 0 Å². The Bertz CT molecular complexity index is 698. The van der Waals surface area contributed by atoms with E-state index in [2.05, 4.69) is 15.1 Å². The van der Waals surface area contributed by atoms with Gasteiger partial charge in [0.15, 0.2) is 5.11 Å². The van der Waals surface area contributed by atoms with E-state index < -0.39 is 0 Å². The van der Waals surface area contributed by atoms with E-state index in [0.29, 0.717) is 10.9 Å². The number of nitrogens with zero attached hydrogens (tertiary/aromatic N) is 2. The third-order valence-corrected chi connectivity index (χ3v) is 4.49. The Hall–Kier alpha value is -2.47. The molecule has 0 aromatic heterocycles. The normalized spacial score (nSPS) is 14.4. The molecule has 2 N–H and O–H groups in total. The monoisotopic (exact) mass is 343 g/mol. The van der Waals surface area contributed by atoms with Crippen LogP contribution in [0.2, 0.25) is 0 Å². The zero-order valence-corrected chi connectivity index (χ0v) is 14.4. The van der Waals surface area contributed by atoms with Crippen LogP contribution in [0.25, 0.3) is 0 Å². The molecule has 0 bridgehead atoms. The van der Waals surface area contributed by atoms with Crippen LogP contribution < -0.4 is 15.0 Å². The van der Waals surface area contributed by atoms with Gasteiger partial charge in [0, 0.05) is 31.9 Å². The number of hydrogen-bond donors (Lipinski definition) is 2. The number of aromatic hydroxyl groups is 1. The highest BCUT2D eigenvalue weighted by atomic mass is 32.1. The first-order valence-electron chi connectivity index (χ1n) is 7.90. The Morgan fingerprint density at radius 3 is 2.38 bits per heavy atom. The molecule has 0 unspecified atom stereocenters. The van der Waals surface area contributed by atoms with Gasteiger partial charge in [0.05, 0.1) is 12.8 Å². The summed E-state index contributed by atoms with van der Waals surface area (Å²) in [5.41, 5.74) is 2.00. The van der Waals surface area contributed by atoms with Crippen LogP contribution in [0.1, 0.15) is 0 Å². The molecule has 1 aliphatic rings. The van der Waals surface area contributed by atoms with Gasteiger partial charge in [-0.3, -0.25) is 0 Å². The van der Waals surface area contributed by atoms with Gasteiger partial charge in [-0.05, 0) is 48.6 Å². The van der Waals surface area contributed by atoms with Crippen LogP contribution >= 0.6 is 12.2 Å². The fourth-order valence-electron chi connectivity index (χ4n) is 2.77. The number of phenolic OH excluding ortho intramolecular Hbond substituents is 1. The molecular weight excluding hydrogens is 322 g/mol. The SMILES string of the molecule is COc1ccccc1NC(=S)N1CCN(c2ccc(O)cc2)CC1. The molecular formula is C18H21N3O2S. The van der Waals surface area contributed by atoms with Crippen molar-refractivity contribution in [1.82, 2.24) is 4.90 Å². The molecule has 0 radical (unpaired) electrons. The number of ether oxygens (including phenoxy) is 1. The second-order valence-corrected chi connectivity index (χ2v) is 6.01. The summed E-state index contributed by atoms with van der Waals surface area (Å²) in [6.45, 7) is 3.47. The van der Waals surface area contributed by atoms with Crippen molar-refractivity contribution in [3.8, 4) is 11.5 Å². The smallest absolute Gasteiger partial charge is 0.173 e. The summed E-state index contributed by atoms with van der Waals surface area (Å²) in [5.74, 6) is 1.07. The van der Waals surface area contributed by atoms with Gasteiger partial charge in [0.2, 0.25) is 0 Å². The van der Waals surface area contributed by atoms with Crippen LogP contribution in [0.15, 0.2) is 48.5 Å². The number of phenols is 1. The van der Waals surface area contributed by atoms with Crippen LogP contribution in [-0.4, -0.2) is 48.4 Å². The number of methoxy groups -OCH3 is 1. The summed E-state index contributed by atoms with van der Waals surface area (Å²) in [7, 11) is 1.65. The van der Waals surface area contributed by atoms with Gasteiger partial charge in [-0.25, -0.2) is 0 Å². The number of thiocarbonyl (C=S) groups is 1. The van der Waals surface area contributed by atoms with Gasteiger partial charge < -0.3 is 25.0 Å². The molecule has 2 aromatic rings. The number of benzene rings is 2. The molecule has 6 heteroatoms. The Balaban J connectivity index is 1.58. The molecule has 24 heavy (non-hydrogen) atoms. The number of nitrogens with one attached hydrogen (secondary N) is 1. The van der Waals surface area contributed by atoms with E-state index >= 15 is 0 Å². The maximum Gasteiger partial charge on any atom is 0.173 e. The summed E-state index contributed by atoms with van der Waals surface area (Å²) in [6.07, 6.45) is 0. The van der Waals surface area contributed by atoms with E-state index in [0.717, 1.165) is 43.3 Å². The van der Waals surface area contributed by atoms with E-state index in [4.69, 9.17) is 17.0 Å². The topological polar surface area (TPSA) is 48.0 Å².